The average molecular weight is 404 g/mol. The summed E-state index contributed by atoms with van der Waals surface area (Å²) in [6, 6.07) is 16.4. The normalized spacial score (nSPS) is 14.8. The number of aliphatic carboxylic acids is 1. The lowest BCUT2D eigenvalue weighted by Crippen LogP contribution is -2.53. The molecule has 3 N–H and O–H groups in total. The number of carbonyl (C=O) groups excluding carboxylic acids is 2. The van der Waals surface area contributed by atoms with Gasteiger partial charge < -0.3 is 15.7 Å². The first-order chi connectivity index (χ1) is 14.5. The zero-order chi connectivity index (χ0) is 21.3. The first kappa shape index (κ1) is 21.0. The fraction of sp³-hybridized carbons (Fsp3) is 0.208. The first-order valence-corrected chi connectivity index (χ1v) is 9.79. The van der Waals surface area contributed by atoms with Gasteiger partial charge in [0.1, 0.15) is 12.1 Å². The standard InChI is InChI=1S/C24H24N2O4/c27-22(19-13-7-8-14-19)25-20(15-17-9-3-1-4-10-17)23(28)26-21(24(29)30)16-18-11-5-2-6-12-18/h1-14,19-21H,15-16H2,(H,25,27)(H,26,28)(H,29,30)/t20-,21-/m0/s1. The highest BCUT2D eigenvalue weighted by atomic mass is 16.4. The second kappa shape index (κ2) is 10.2. The van der Waals surface area contributed by atoms with Crippen LogP contribution in [0.15, 0.2) is 85.0 Å². The zero-order valence-electron chi connectivity index (χ0n) is 16.4. The monoisotopic (exact) mass is 404 g/mol. The van der Waals surface area contributed by atoms with Gasteiger partial charge in [-0.15, -0.1) is 0 Å². The van der Waals surface area contributed by atoms with Gasteiger partial charge in [0.05, 0.1) is 5.92 Å². The third-order valence-electron chi connectivity index (χ3n) is 4.86. The summed E-state index contributed by atoms with van der Waals surface area (Å²) >= 11 is 0. The minimum absolute atomic E-state index is 0.155. The van der Waals surface area contributed by atoms with Gasteiger partial charge >= 0.3 is 5.97 Å². The fourth-order valence-corrected chi connectivity index (χ4v) is 3.26. The number of benzene rings is 2. The predicted molar refractivity (Wildman–Crippen MR) is 114 cm³/mol. The van der Waals surface area contributed by atoms with E-state index in [1.807, 2.05) is 60.7 Å². The molecular weight excluding hydrogens is 380 g/mol. The molecule has 0 fully saturated rings. The van der Waals surface area contributed by atoms with Crippen LogP contribution in [0.25, 0.3) is 0 Å². The number of hydrogen-bond donors (Lipinski definition) is 3. The van der Waals surface area contributed by atoms with Crippen molar-refractivity contribution in [3.63, 3.8) is 0 Å². The van der Waals surface area contributed by atoms with Gasteiger partial charge in [0.15, 0.2) is 0 Å². The lowest BCUT2D eigenvalue weighted by molar-refractivity contribution is -0.142. The maximum Gasteiger partial charge on any atom is 0.326 e. The summed E-state index contributed by atoms with van der Waals surface area (Å²) in [7, 11) is 0. The molecule has 0 aromatic heterocycles. The molecule has 30 heavy (non-hydrogen) atoms. The van der Waals surface area contributed by atoms with Crippen molar-refractivity contribution >= 4 is 17.8 Å². The SMILES string of the molecule is O=C(N[C@@H](Cc1ccccc1)C(=O)N[C@@H](Cc1ccccc1)C(=O)O)C1C=CC=C1. The predicted octanol–water partition coefficient (Wildman–Crippen LogP) is 2.27. The van der Waals surface area contributed by atoms with Gasteiger partial charge in [-0.1, -0.05) is 85.0 Å². The molecule has 0 heterocycles. The molecule has 1 aliphatic carbocycles. The van der Waals surface area contributed by atoms with E-state index in [0.717, 1.165) is 11.1 Å². The summed E-state index contributed by atoms with van der Waals surface area (Å²) in [5.74, 6) is -2.39. The van der Waals surface area contributed by atoms with Crippen LogP contribution in [0.3, 0.4) is 0 Å². The molecule has 0 aliphatic heterocycles. The molecule has 154 valence electrons. The van der Waals surface area contributed by atoms with Crippen LogP contribution in [0.4, 0.5) is 0 Å². The Morgan fingerprint density at radius 3 is 1.77 bits per heavy atom. The number of rotatable bonds is 9. The van der Waals surface area contributed by atoms with Gasteiger partial charge in [-0.3, -0.25) is 9.59 Å². The average Bonchev–Trinajstić information content (AvgIpc) is 3.29. The number of carboxylic acids is 1. The third-order valence-corrected chi connectivity index (χ3v) is 4.86. The molecule has 2 aromatic carbocycles. The molecule has 0 bridgehead atoms. The van der Waals surface area contributed by atoms with E-state index in [4.69, 9.17) is 0 Å². The molecule has 2 aromatic rings. The van der Waals surface area contributed by atoms with E-state index >= 15 is 0 Å². The molecule has 6 nitrogen and oxygen atoms in total. The van der Waals surface area contributed by atoms with Crippen molar-refractivity contribution in [1.82, 2.24) is 10.6 Å². The van der Waals surface area contributed by atoms with E-state index in [1.54, 1.807) is 24.3 Å². The van der Waals surface area contributed by atoms with Gasteiger partial charge in [0.2, 0.25) is 11.8 Å². The Balaban J connectivity index is 1.73. The highest BCUT2D eigenvalue weighted by molar-refractivity contribution is 5.92. The quantitative estimate of drug-likeness (QED) is 0.597. The topological polar surface area (TPSA) is 95.5 Å². The van der Waals surface area contributed by atoms with Crippen molar-refractivity contribution in [2.45, 2.75) is 24.9 Å². The highest BCUT2D eigenvalue weighted by Crippen LogP contribution is 2.11. The highest BCUT2D eigenvalue weighted by Gasteiger charge is 2.28. The minimum atomic E-state index is -1.13. The maximum atomic E-state index is 13.0. The fourth-order valence-electron chi connectivity index (χ4n) is 3.26. The van der Waals surface area contributed by atoms with E-state index in [2.05, 4.69) is 10.6 Å². The molecule has 3 rings (SSSR count). The van der Waals surface area contributed by atoms with Crippen molar-refractivity contribution in [2.24, 2.45) is 5.92 Å². The van der Waals surface area contributed by atoms with Crippen LogP contribution < -0.4 is 10.6 Å². The summed E-state index contributed by atoms with van der Waals surface area (Å²) in [5.41, 5.74) is 1.67. The Labute approximate surface area is 175 Å². The second-order valence-corrected chi connectivity index (χ2v) is 7.14. The summed E-state index contributed by atoms with van der Waals surface area (Å²) < 4.78 is 0. The van der Waals surface area contributed by atoms with Crippen LogP contribution in [-0.2, 0) is 27.2 Å². The van der Waals surface area contributed by atoms with E-state index < -0.39 is 29.9 Å². The minimum Gasteiger partial charge on any atom is -0.480 e. The maximum absolute atomic E-state index is 13.0. The van der Waals surface area contributed by atoms with E-state index in [0.29, 0.717) is 0 Å². The molecule has 2 atom stereocenters. The Hall–Kier alpha value is -3.67. The van der Waals surface area contributed by atoms with Crippen LogP contribution in [0.2, 0.25) is 0 Å². The van der Waals surface area contributed by atoms with Gasteiger partial charge in [-0.25, -0.2) is 4.79 Å². The lowest BCUT2D eigenvalue weighted by atomic mass is 10.0. The first-order valence-electron chi connectivity index (χ1n) is 9.79. The second-order valence-electron chi connectivity index (χ2n) is 7.14. The van der Waals surface area contributed by atoms with E-state index in [-0.39, 0.29) is 18.7 Å². The number of allylic oxidation sites excluding steroid dienone is 2. The third kappa shape index (κ3) is 5.91. The Kier molecular flexibility index (Phi) is 7.16. The van der Waals surface area contributed by atoms with Crippen molar-refractivity contribution in [3.8, 4) is 0 Å². The summed E-state index contributed by atoms with van der Waals surface area (Å²) in [4.78, 5) is 37.3. The Bertz CT molecular complexity index is 926. The lowest BCUT2D eigenvalue weighted by Gasteiger charge is -2.22. The van der Waals surface area contributed by atoms with Crippen molar-refractivity contribution in [1.29, 1.82) is 0 Å². The molecule has 1 aliphatic rings. The largest absolute Gasteiger partial charge is 0.480 e. The molecule has 0 radical (unpaired) electrons. The molecule has 0 spiro atoms. The molecule has 2 amide bonds. The van der Waals surface area contributed by atoms with Crippen LogP contribution in [0.1, 0.15) is 11.1 Å². The van der Waals surface area contributed by atoms with Crippen molar-refractivity contribution in [3.05, 3.63) is 96.1 Å². The van der Waals surface area contributed by atoms with E-state index in [9.17, 15) is 19.5 Å². The van der Waals surface area contributed by atoms with Gasteiger partial charge in [-0.2, -0.15) is 0 Å². The van der Waals surface area contributed by atoms with Gasteiger partial charge in [-0.05, 0) is 11.1 Å². The van der Waals surface area contributed by atoms with Crippen molar-refractivity contribution in [2.75, 3.05) is 0 Å². The molecule has 0 saturated carbocycles. The van der Waals surface area contributed by atoms with Gasteiger partial charge in [0, 0.05) is 12.8 Å². The summed E-state index contributed by atoms with van der Waals surface area (Å²) in [5, 5.41) is 15.0. The Morgan fingerprint density at radius 2 is 1.27 bits per heavy atom. The molecule has 0 saturated heterocycles. The summed E-state index contributed by atoms with van der Waals surface area (Å²) in [6.45, 7) is 0. The van der Waals surface area contributed by atoms with Crippen LogP contribution in [0.5, 0.6) is 0 Å². The van der Waals surface area contributed by atoms with Crippen LogP contribution >= 0.6 is 0 Å². The number of carboxylic acid groups (broad SMARTS) is 1. The number of hydrogen-bond acceptors (Lipinski definition) is 3. The number of carbonyl (C=O) groups is 3. The van der Waals surface area contributed by atoms with Crippen molar-refractivity contribution < 1.29 is 19.5 Å². The molecule has 0 unspecified atom stereocenters. The Morgan fingerprint density at radius 1 is 0.767 bits per heavy atom. The van der Waals surface area contributed by atoms with Crippen LogP contribution in [0, 0.1) is 5.92 Å². The zero-order valence-corrected chi connectivity index (χ0v) is 16.4. The summed E-state index contributed by atoms with van der Waals surface area (Å²) in [6.07, 6.45) is 7.44. The van der Waals surface area contributed by atoms with Gasteiger partial charge in [0.25, 0.3) is 0 Å². The molecular formula is C24H24N2O4. The van der Waals surface area contributed by atoms with E-state index in [1.165, 1.54) is 0 Å². The van der Waals surface area contributed by atoms with Crippen LogP contribution in [-0.4, -0.2) is 35.0 Å². The molecule has 6 heteroatoms. The number of amides is 2. The number of nitrogens with one attached hydrogen (secondary N) is 2. The smallest absolute Gasteiger partial charge is 0.326 e.